The van der Waals surface area contributed by atoms with E-state index in [1.807, 2.05) is 0 Å². The number of nitrogens with one attached hydrogen (secondary N) is 1. The lowest BCUT2D eigenvalue weighted by Gasteiger charge is -2.33. The molecule has 0 radical (unpaired) electrons. The molecule has 8 nitrogen and oxygen atoms in total. The molecule has 0 aromatic carbocycles. The predicted octanol–water partition coefficient (Wildman–Crippen LogP) is 3.97. The Morgan fingerprint density at radius 3 is 2.71 bits per heavy atom. The lowest BCUT2D eigenvalue weighted by atomic mass is 9.72. The van der Waals surface area contributed by atoms with Crippen LogP contribution in [0.5, 0.6) is 0 Å². The normalized spacial score (nSPS) is 16.4. The molecule has 2 aromatic rings. The molecule has 0 saturated heterocycles. The molecule has 1 atom stereocenters. The van der Waals surface area contributed by atoms with Gasteiger partial charge in [0.25, 0.3) is 5.91 Å². The van der Waals surface area contributed by atoms with Crippen LogP contribution in [0.4, 0.5) is 10.7 Å². The number of aromatic nitrogens is 2. The first kappa shape index (κ1) is 20.0. The Morgan fingerprint density at radius 1 is 1.46 bits per heavy atom. The van der Waals surface area contributed by atoms with E-state index in [4.69, 9.17) is 0 Å². The molecule has 0 fully saturated rings. The van der Waals surface area contributed by atoms with Gasteiger partial charge in [-0.1, -0.05) is 20.8 Å². The van der Waals surface area contributed by atoms with Crippen molar-refractivity contribution in [2.45, 2.75) is 47.0 Å². The van der Waals surface area contributed by atoms with Gasteiger partial charge in [0, 0.05) is 11.9 Å². The van der Waals surface area contributed by atoms with Crippen LogP contribution in [0.1, 0.15) is 59.4 Å². The molecule has 0 aliphatic heterocycles. The highest BCUT2D eigenvalue weighted by Crippen LogP contribution is 2.44. The van der Waals surface area contributed by atoms with Crippen molar-refractivity contribution in [3.05, 3.63) is 37.5 Å². The van der Waals surface area contributed by atoms with Crippen molar-refractivity contribution >= 4 is 27.9 Å². The summed E-state index contributed by atoms with van der Waals surface area (Å²) in [5.41, 5.74) is 1.38. The van der Waals surface area contributed by atoms with Gasteiger partial charge in [0.05, 0.1) is 10.5 Å². The summed E-state index contributed by atoms with van der Waals surface area (Å²) in [6.07, 6.45) is 2.67. The predicted molar refractivity (Wildman–Crippen MR) is 107 cm³/mol. The summed E-state index contributed by atoms with van der Waals surface area (Å²) in [5.74, 6) is -0.161. The molecule has 0 unspecified atom stereocenters. The maximum absolute atomic E-state index is 12.7. The number of nitriles is 1. The molecule has 2 heterocycles. The van der Waals surface area contributed by atoms with Gasteiger partial charge in [0.1, 0.15) is 16.8 Å². The van der Waals surface area contributed by atoms with Crippen molar-refractivity contribution in [3.8, 4) is 6.07 Å². The molecule has 0 spiro atoms. The van der Waals surface area contributed by atoms with Crippen LogP contribution >= 0.6 is 11.3 Å². The van der Waals surface area contributed by atoms with Gasteiger partial charge in [0.2, 0.25) is 5.69 Å². The monoisotopic (exact) mass is 401 g/mol. The average molecular weight is 401 g/mol. The summed E-state index contributed by atoms with van der Waals surface area (Å²) >= 11 is 1.40. The van der Waals surface area contributed by atoms with E-state index in [1.54, 1.807) is 14.0 Å². The van der Waals surface area contributed by atoms with Gasteiger partial charge in [-0.25, -0.2) is 0 Å². The molecule has 148 valence electrons. The molecular weight excluding hydrogens is 378 g/mol. The van der Waals surface area contributed by atoms with Crippen LogP contribution in [0.15, 0.2) is 0 Å². The van der Waals surface area contributed by atoms with E-state index in [0.717, 1.165) is 29.7 Å². The zero-order valence-corrected chi connectivity index (χ0v) is 17.4. The van der Waals surface area contributed by atoms with Crippen molar-refractivity contribution in [1.82, 2.24) is 9.78 Å². The third-order valence-corrected chi connectivity index (χ3v) is 6.70. The first-order valence-corrected chi connectivity index (χ1v) is 9.90. The molecule has 0 bridgehead atoms. The fourth-order valence-electron chi connectivity index (χ4n) is 3.66. The number of hydrogen-bond acceptors (Lipinski definition) is 6. The van der Waals surface area contributed by atoms with Crippen LogP contribution in [0.25, 0.3) is 0 Å². The standard InChI is InChI=1S/C19H23N5O3S/c1-10-16(24(26)27)15(22-23(10)5)17(25)21-18-13(9-20)12-7-6-11(19(2,3)4)8-14(12)28-18/h11H,6-8H2,1-5H3,(H,21,25)/t11-/m0/s1. The van der Waals surface area contributed by atoms with Crippen LogP contribution in [0, 0.1) is 39.7 Å². The quantitative estimate of drug-likeness (QED) is 0.617. The molecule has 2 aromatic heterocycles. The van der Waals surface area contributed by atoms with Crippen molar-refractivity contribution < 1.29 is 9.72 Å². The van der Waals surface area contributed by atoms with E-state index in [1.165, 1.54) is 16.0 Å². The van der Waals surface area contributed by atoms with Gasteiger partial charge in [-0.15, -0.1) is 11.3 Å². The number of fused-ring (bicyclic) bond motifs is 1. The van der Waals surface area contributed by atoms with Gasteiger partial charge in [0.15, 0.2) is 0 Å². The van der Waals surface area contributed by atoms with E-state index in [0.29, 0.717) is 22.2 Å². The molecular formula is C19H23N5O3S. The van der Waals surface area contributed by atoms with Crippen LogP contribution in [0.3, 0.4) is 0 Å². The lowest BCUT2D eigenvalue weighted by molar-refractivity contribution is -0.385. The van der Waals surface area contributed by atoms with E-state index >= 15 is 0 Å². The Labute approximate surface area is 167 Å². The van der Waals surface area contributed by atoms with E-state index in [2.05, 4.69) is 37.3 Å². The Morgan fingerprint density at radius 2 is 2.14 bits per heavy atom. The lowest BCUT2D eigenvalue weighted by Crippen LogP contribution is -2.26. The van der Waals surface area contributed by atoms with Crippen molar-refractivity contribution in [2.24, 2.45) is 18.4 Å². The molecule has 1 aliphatic rings. The average Bonchev–Trinajstić information content (AvgIpc) is 3.10. The van der Waals surface area contributed by atoms with Crippen LogP contribution in [0.2, 0.25) is 0 Å². The number of carbonyl (C=O) groups excluding carboxylic acids is 1. The van der Waals surface area contributed by atoms with Crippen molar-refractivity contribution in [2.75, 3.05) is 5.32 Å². The van der Waals surface area contributed by atoms with Crippen LogP contribution in [-0.4, -0.2) is 20.6 Å². The maximum Gasteiger partial charge on any atom is 0.322 e. The van der Waals surface area contributed by atoms with Gasteiger partial charge in [-0.05, 0) is 43.1 Å². The van der Waals surface area contributed by atoms with Gasteiger partial charge >= 0.3 is 5.69 Å². The topological polar surface area (TPSA) is 114 Å². The second kappa shape index (κ2) is 7.02. The third kappa shape index (κ3) is 3.40. The summed E-state index contributed by atoms with van der Waals surface area (Å²) in [6.45, 7) is 8.19. The van der Waals surface area contributed by atoms with E-state index in [-0.39, 0.29) is 16.8 Å². The van der Waals surface area contributed by atoms with Crippen LogP contribution in [-0.2, 0) is 19.9 Å². The Balaban J connectivity index is 1.94. The Bertz CT molecular complexity index is 1010. The molecule has 3 rings (SSSR count). The SMILES string of the molecule is Cc1c([N+](=O)[O-])c(C(=O)Nc2sc3c(c2C#N)CC[C@H](C(C)(C)C)C3)nn1C. The number of nitrogens with zero attached hydrogens (tertiary/aromatic N) is 4. The number of rotatable bonds is 3. The zero-order valence-electron chi connectivity index (χ0n) is 16.6. The third-order valence-electron chi connectivity index (χ3n) is 5.53. The molecule has 1 amide bonds. The summed E-state index contributed by atoms with van der Waals surface area (Å²) in [6, 6.07) is 2.20. The Hall–Kier alpha value is -2.73. The minimum atomic E-state index is -0.669. The molecule has 0 saturated carbocycles. The molecule has 1 aliphatic carbocycles. The highest BCUT2D eigenvalue weighted by Gasteiger charge is 2.34. The highest BCUT2D eigenvalue weighted by atomic mass is 32.1. The minimum absolute atomic E-state index is 0.171. The van der Waals surface area contributed by atoms with Gasteiger partial charge in [-0.2, -0.15) is 10.4 Å². The van der Waals surface area contributed by atoms with Gasteiger partial charge < -0.3 is 5.32 Å². The maximum atomic E-state index is 12.7. The highest BCUT2D eigenvalue weighted by molar-refractivity contribution is 7.16. The summed E-state index contributed by atoms with van der Waals surface area (Å²) in [4.78, 5) is 24.6. The first-order valence-electron chi connectivity index (χ1n) is 9.08. The minimum Gasteiger partial charge on any atom is -0.311 e. The van der Waals surface area contributed by atoms with Crippen molar-refractivity contribution in [1.29, 1.82) is 5.26 Å². The first-order chi connectivity index (χ1) is 13.0. The summed E-state index contributed by atoms with van der Waals surface area (Å²) < 4.78 is 1.31. The number of hydrogen-bond donors (Lipinski definition) is 1. The fraction of sp³-hybridized carbons (Fsp3) is 0.526. The smallest absolute Gasteiger partial charge is 0.311 e. The summed E-state index contributed by atoms with van der Waals surface area (Å²) in [7, 11) is 1.55. The van der Waals surface area contributed by atoms with E-state index in [9.17, 15) is 20.2 Å². The molecule has 1 N–H and O–H groups in total. The largest absolute Gasteiger partial charge is 0.322 e. The van der Waals surface area contributed by atoms with Crippen molar-refractivity contribution in [3.63, 3.8) is 0 Å². The van der Waals surface area contributed by atoms with E-state index < -0.39 is 10.8 Å². The molecule has 9 heteroatoms. The Kier molecular flexibility index (Phi) is 5.02. The van der Waals surface area contributed by atoms with Gasteiger partial charge in [-0.3, -0.25) is 19.6 Å². The second-order valence-electron chi connectivity index (χ2n) is 8.24. The number of carbonyl (C=O) groups is 1. The number of anilines is 1. The number of aryl methyl sites for hydroxylation is 1. The fourth-order valence-corrected chi connectivity index (χ4v) is 4.94. The number of thiophene rings is 1. The van der Waals surface area contributed by atoms with Crippen LogP contribution < -0.4 is 5.32 Å². The number of nitro groups is 1. The molecule has 28 heavy (non-hydrogen) atoms. The zero-order chi connectivity index (χ0) is 20.8. The summed E-state index contributed by atoms with van der Waals surface area (Å²) in [5, 5.41) is 28.1. The number of amides is 1. The second-order valence-corrected chi connectivity index (χ2v) is 9.35.